The first-order valence-electron chi connectivity index (χ1n) is 6.38. The highest BCUT2D eigenvalue weighted by Gasteiger charge is 2.13. The van der Waals surface area contributed by atoms with Crippen LogP contribution in [-0.2, 0) is 0 Å². The van der Waals surface area contributed by atoms with Crippen molar-refractivity contribution in [1.82, 2.24) is 5.32 Å². The summed E-state index contributed by atoms with van der Waals surface area (Å²) in [5.74, 6) is 0. The Hall–Kier alpha value is -0.0300. The van der Waals surface area contributed by atoms with E-state index < -0.39 is 0 Å². The topological polar surface area (TPSA) is 32.3 Å². The SMILES string of the molecule is CCNC(C)c1cc(Br)ccc1SC(C)CCO. The molecule has 18 heavy (non-hydrogen) atoms. The Kier molecular flexibility index (Phi) is 7.30. The van der Waals surface area contributed by atoms with Crippen LogP contribution in [0.25, 0.3) is 0 Å². The zero-order valence-electron chi connectivity index (χ0n) is 11.2. The number of thioether (sulfide) groups is 1. The minimum Gasteiger partial charge on any atom is -0.396 e. The van der Waals surface area contributed by atoms with E-state index in [9.17, 15) is 0 Å². The van der Waals surface area contributed by atoms with Crippen LogP contribution in [0, 0.1) is 0 Å². The van der Waals surface area contributed by atoms with Crippen molar-refractivity contribution in [3.8, 4) is 0 Å². The van der Waals surface area contributed by atoms with Gasteiger partial charge >= 0.3 is 0 Å². The van der Waals surface area contributed by atoms with Crippen LogP contribution < -0.4 is 5.32 Å². The zero-order chi connectivity index (χ0) is 13.5. The lowest BCUT2D eigenvalue weighted by atomic mass is 10.1. The second-order valence-corrected chi connectivity index (χ2v) is 6.80. The van der Waals surface area contributed by atoms with E-state index in [-0.39, 0.29) is 6.61 Å². The molecular formula is C14H22BrNOS. The Bertz CT molecular complexity index is 373. The highest BCUT2D eigenvalue weighted by atomic mass is 79.9. The number of benzene rings is 1. The molecule has 2 atom stereocenters. The van der Waals surface area contributed by atoms with E-state index in [4.69, 9.17) is 5.11 Å². The Morgan fingerprint density at radius 3 is 2.72 bits per heavy atom. The minimum atomic E-state index is 0.253. The second kappa shape index (κ2) is 8.20. The molecule has 0 aromatic heterocycles. The first-order chi connectivity index (χ1) is 8.58. The predicted octanol–water partition coefficient (Wildman–Crippen LogP) is 3.98. The van der Waals surface area contributed by atoms with Crippen LogP contribution in [0.5, 0.6) is 0 Å². The summed E-state index contributed by atoms with van der Waals surface area (Å²) in [6.45, 7) is 7.68. The number of aliphatic hydroxyl groups excluding tert-OH is 1. The van der Waals surface area contributed by atoms with Crippen LogP contribution in [0.1, 0.15) is 38.8 Å². The maximum absolute atomic E-state index is 8.99. The third-order valence-corrected chi connectivity index (χ3v) is 4.57. The molecule has 2 nitrogen and oxygen atoms in total. The van der Waals surface area contributed by atoms with Crippen LogP contribution in [0.4, 0.5) is 0 Å². The maximum atomic E-state index is 8.99. The number of hydrogen-bond acceptors (Lipinski definition) is 3. The smallest absolute Gasteiger partial charge is 0.0441 e. The summed E-state index contributed by atoms with van der Waals surface area (Å²) in [5, 5.41) is 12.9. The number of rotatable bonds is 7. The van der Waals surface area contributed by atoms with Gasteiger partial charge in [0.2, 0.25) is 0 Å². The Labute approximate surface area is 123 Å². The first-order valence-corrected chi connectivity index (χ1v) is 8.06. The summed E-state index contributed by atoms with van der Waals surface area (Å²) in [7, 11) is 0. The monoisotopic (exact) mass is 331 g/mol. The van der Waals surface area contributed by atoms with E-state index in [0.29, 0.717) is 11.3 Å². The largest absolute Gasteiger partial charge is 0.396 e. The van der Waals surface area contributed by atoms with E-state index in [1.54, 1.807) is 0 Å². The summed E-state index contributed by atoms with van der Waals surface area (Å²) in [4.78, 5) is 1.30. The van der Waals surface area contributed by atoms with Crippen LogP contribution in [-0.4, -0.2) is 23.5 Å². The molecule has 0 fully saturated rings. The van der Waals surface area contributed by atoms with Crippen molar-refractivity contribution in [3.63, 3.8) is 0 Å². The van der Waals surface area contributed by atoms with Crippen molar-refractivity contribution in [3.05, 3.63) is 28.2 Å². The van der Waals surface area contributed by atoms with Crippen molar-refractivity contribution in [1.29, 1.82) is 0 Å². The second-order valence-electron chi connectivity index (χ2n) is 4.40. The zero-order valence-corrected chi connectivity index (χ0v) is 13.6. The molecule has 0 heterocycles. The summed E-state index contributed by atoms with van der Waals surface area (Å²) >= 11 is 5.37. The molecule has 0 aliphatic heterocycles. The fourth-order valence-corrected chi connectivity index (χ4v) is 3.39. The molecule has 0 aliphatic carbocycles. The quantitative estimate of drug-likeness (QED) is 0.741. The predicted molar refractivity (Wildman–Crippen MR) is 83.3 cm³/mol. The first kappa shape index (κ1) is 16.0. The average molecular weight is 332 g/mol. The van der Waals surface area contributed by atoms with E-state index >= 15 is 0 Å². The molecule has 1 rings (SSSR count). The van der Waals surface area contributed by atoms with E-state index in [0.717, 1.165) is 17.4 Å². The molecule has 4 heteroatoms. The summed E-state index contributed by atoms with van der Waals surface area (Å²) < 4.78 is 1.11. The van der Waals surface area contributed by atoms with Gasteiger partial charge in [-0.15, -0.1) is 11.8 Å². The molecule has 1 aromatic rings. The fourth-order valence-electron chi connectivity index (χ4n) is 1.84. The van der Waals surface area contributed by atoms with Gasteiger partial charge in [0.15, 0.2) is 0 Å². The van der Waals surface area contributed by atoms with Crippen LogP contribution in [0.3, 0.4) is 0 Å². The third kappa shape index (κ3) is 4.92. The normalized spacial score (nSPS) is 14.5. The molecule has 0 saturated carbocycles. The molecule has 0 saturated heterocycles. The molecule has 2 N–H and O–H groups in total. The molecule has 0 amide bonds. The van der Waals surface area contributed by atoms with Gasteiger partial charge in [-0.05, 0) is 43.7 Å². The molecule has 0 aliphatic rings. The Morgan fingerprint density at radius 1 is 1.39 bits per heavy atom. The lowest BCUT2D eigenvalue weighted by Gasteiger charge is -2.19. The summed E-state index contributed by atoms with van der Waals surface area (Å²) in [6, 6.07) is 6.76. The Morgan fingerprint density at radius 2 is 2.11 bits per heavy atom. The van der Waals surface area contributed by atoms with Gasteiger partial charge in [-0.1, -0.05) is 29.8 Å². The average Bonchev–Trinajstić information content (AvgIpc) is 2.32. The van der Waals surface area contributed by atoms with Gasteiger partial charge < -0.3 is 10.4 Å². The van der Waals surface area contributed by atoms with Gasteiger partial charge in [0.05, 0.1) is 0 Å². The minimum absolute atomic E-state index is 0.253. The molecule has 0 radical (unpaired) electrons. The summed E-state index contributed by atoms with van der Waals surface area (Å²) in [5.41, 5.74) is 1.32. The molecule has 0 spiro atoms. The molecule has 102 valence electrons. The lowest BCUT2D eigenvalue weighted by molar-refractivity contribution is 0.289. The van der Waals surface area contributed by atoms with Crippen molar-refractivity contribution >= 4 is 27.7 Å². The van der Waals surface area contributed by atoms with Crippen molar-refractivity contribution in [2.45, 2.75) is 43.4 Å². The fraction of sp³-hybridized carbons (Fsp3) is 0.571. The van der Waals surface area contributed by atoms with Crippen molar-refractivity contribution < 1.29 is 5.11 Å². The third-order valence-electron chi connectivity index (χ3n) is 2.81. The Balaban J connectivity index is 2.88. The molecule has 2 unspecified atom stereocenters. The molecule has 1 aromatic carbocycles. The lowest BCUT2D eigenvalue weighted by Crippen LogP contribution is -2.18. The highest BCUT2D eigenvalue weighted by Crippen LogP contribution is 2.33. The van der Waals surface area contributed by atoms with Gasteiger partial charge in [0, 0.05) is 27.3 Å². The highest BCUT2D eigenvalue weighted by molar-refractivity contribution is 9.10. The molecular weight excluding hydrogens is 310 g/mol. The van der Waals surface area contributed by atoms with Gasteiger partial charge in [-0.3, -0.25) is 0 Å². The van der Waals surface area contributed by atoms with Crippen LogP contribution in [0.15, 0.2) is 27.6 Å². The number of halogens is 1. The van der Waals surface area contributed by atoms with Crippen LogP contribution in [0.2, 0.25) is 0 Å². The van der Waals surface area contributed by atoms with Crippen LogP contribution >= 0.6 is 27.7 Å². The number of aliphatic hydroxyl groups is 1. The van der Waals surface area contributed by atoms with E-state index in [2.05, 4.69) is 60.2 Å². The van der Waals surface area contributed by atoms with Crippen molar-refractivity contribution in [2.75, 3.05) is 13.2 Å². The summed E-state index contributed by atoms with van der Waals surface area (Å²) in [6.07, 6.45) is 0.829. The maximum Gasteiger partial charge on any atom is 0.0441 e. The van der Waals surface area contributed by atoms with Gasteiger partial charge in [0.1, 0.15) is 0 Å². The van der Waals surface area contributed by atoms with Crippen molar-refractivity contribution in [2.24, 2.45) is 0 Å². The van der Waals surface area contributed by atoms with Gasteiger partial charge in [0.25, 0.3) is 0 Å². The van der Waals surface area contributed by atoms with Gasteiger partial charge in [-0.2, -0.15) is 0 Å². The number of nitrogens with one attached hydrogen (secondary N) is 1. The van der Waals surface area contributed by atoms with E-state index in [1.807, 2.05) is 11.8 Å². The van der Waals surface area contributed by atoms with Gasteiger partial charge in [-0.25, -0.2) is 0 Å². The standard InChI is InChI=1S/C14H22BrNOS/c1-4-16-11(3)13-9-12(15)5-6-14(13)18-10(2)7-8-17/h5-6,9-11,16-17H,4,7-8H2,1-3H3. The molecule has 0 bridgehead atoms. The van der Waals surface area contributed by atoms with E-state index in [1.165, 1.54) is 10.5 Å². The number of hydrogen-bond donors (Lipinski definition) is 2.